The second kappa shape index (κ2) is 7.31. The topological polar surface area (TPSA) is 64.4 Å². The maximum atomic E-state index is 12.0. The molecular formula is C15H24N2O3S. The molecule has 0 aromatic carbocycles. The Balaban J connectivity index is 1.79. The zero-order valence-corrected chi connectivity index (χ0v) is 13.8. The third kappa shape index (κ3) is 4.23. The number of amides is 1. The van der Waals surface area contributed by atoms with Crippen LogP contribution in [0.1, 0.15) is 36.3 Å². The van der Waals surface area contributed by atoms with Gasteiger partial charge in [0, 0.05) is 25.6 Å². The van der Waals surface area contributed by atoms with E-state index in [2.05, 4.69) is 10.5 Å². The summed E-state index contributed by atoms with van der Waals surface area (Å²) < 4.78 is 10.8. The maximum absolute atomic E-state index is 12.0. The highest BCUT2D eigenvalue weighted by Crippen LogP contribution is 2.29. The molecule has 0 bridgehead atoms. The van der Waals surface area contributed by atoms with E-state index in [4.69, 9.17) is 9.26 Å². The predicted octanol–water partition coefficient (Wildman–Crippen LogP) is 2.25. The molecule has 118 valence electrons. The van der Waals surface area contributed by atoms with Crippen LogP contribution in [0.3, 0.4) is 0 Å². The summed E-state index contributed by atoms with van der Waals surface area (Å²) in [7, 11) is 1.74. The molecule has 1 fully saturated rings. The normalized spacial score (nSPS) is 17.7. The summed E-state index contributed by atoms with van der Waals surface area (Å²) in [5.74, 6) is 3.06. The summed E-state index contributed by atoms with van der Waals surface area (Å²) in [5.41, 5.74) is 1.74. The lowest BCUT2D eigenvalue weighted by Gasteiger charge is -2.35. The molecule has 21 heavy (non-hydrogen) atoms. The van der Waals surface area contributed by atoms with Crippen LogP contribution in [0.5, 0.6) is 0 Å². The van der Waals surface area contributed by atoms with Crippen LogP contribution >= 0.6 is 11.8 Å². The molecule has 0 saturated carbocycles. The summed E-state index contributed by atoms with van der Waals surface area (Å²) >= 11 is 1.95. The standard InChI is InChI=1S/C15H24N2O3S/c1-11-13(12(2)20-17-11)4-5-14(18)16-10-15(19-3)6-8-21-9-7-15/h4-10H2,1-3H3,(H,16,18). The molecule has 1 N–H and O–H groups in total. The number of methoxy groups -OCH3 is 1. The fraction of sp³-hybridized carbons (Fsp3) is 0.733. The third-order valence-corrected chi connectivity index (χ3v) is 5.21. The molecule has 1 aromatic heterocycles. The van der Waals surface area contributed by atoms with Gasteiger partial charge in [-0.3, -0.25) is 4.79 Å². The van der Waals surface area contributed by atoms with E-state index in [1.165, 1.54) is 0 Å². The van der Waals surface area contributed by atoms with E-state index in [-0.39, 0.29) is 11.5 Å². The average Bonchev–Trinajstić information content (AvgIpc) is 2.83. The molecule has 6 heteroatoms. The van der Waals surface area contributed by atoms with E-state index in [1.807, 2.05) is 25.6 Å². The van der Waals surface area contributed by atoms with E-state index in [0.29, 0.717) is 19.4 Å². The Kier molecular flexibility index (Phi) is 5.70. The van der Waals surface area contributed by atoms with Crippen LogP contribution in [0.15, 0.2) is 4.52 Å². The minimum absolute atomic E-state index is 0.0599. The summed E-state index contributed by atoms with van der Waals surface area (Å²) in [5, 5.41) is 6.93. The zero-order chi connectivity index (χ0) is 15.3. The van der Waals surface area contributed by atoms with Gasteiger partial charge >= 0.3 is 0 Å². The van der Waals surface area contributed by atoms with Gasteiger partial charge in [-0.25, -0.2) is 0 Å². The number of carbonyl (C=O) groups is 1. The summed E-state index contributed by atoms with van der Waals surface area (Å²) in [6.45, 7) is 4.39. The Labute approximate surface area is 130 Å². The van der Waals surface area contributed by atoms with Crippen molar-refractivity contribution in [3.8, 4) is 0 Å². The fourth-order valence-electron chi connectivity index (χ4n) is 2.64. The van der Waals surface area contributed by atoms with Gasteiger partial charge in [-0.1, -0.05) is 5.16 Å². The third-order valence-electron chi connectivity index (χ3n) is 4.23. The Morgan fingerprint density at radius 2 is 2.14 bits per heavy atom. The molecule has 0 spiro atoms. The Hall–Kier alpha value is -1.01. The number of hydrogen-bond acceptors (Lipinski definition) is 5. The molecule has 1 aliphatic heterocycles. The van der Waals surface area contributed by atoms with Crippen LogP contribution in [-0.4, -0.2) is 41.8 Å². The van der Waals surface area contributed by atoms with Crippen molar-refractivity contribution < 1.29 is 14.1 Å². The average molecular weight is 312 g/mol. The van der Waals surface area contributed by atoms with E-state index < -0.39 is 0 Å². The van der Waals surface area contributed by atoms with Crippen molar-refractivity contribution in [2.45, 2.75) is 45.1 Å². The lowest BCUT2D eigenvalue weighted by atomic mass is 9.96. The first kappa shape index (κ1) is 16.4. The summed E-state index contributed by atoms with van der Waals surface area (Å²) in [4.78, 5) is 12.0. The molecule has 1 saturated heterocycles. The van der Waals surface area contributed by atoms with Crippen molar-refractivity contribution in [3.05, 3.63) is 17.0 Å². The molecule has 5 nitrogen and oxygen atoms in total. The molecule has 1 aromatic rings. The van der Waals surface area contributed by atoms with Crippen molar-refractivity contribution in [2.75, 3.05) is 25.2 Å². The van der Waals surface area contributed by atoms with Gasteiger partial charge < -0.3 is 14.6 Å². The first-order valence-corrected chi connectivity index (χ1v) is 8.53. The predicted molar refractivity (Wildman–Crippen MR) is 83.6 cm³/mol. The Bertz CT molecular complexity index is 462. The van der Waals surface area contributed by atoms with Gasteiger partial charge in [-0.05, 0) is 44.6 Å². The van der Waals surface area contributed by atoms with E-state index in [1.54, 1.807) is 7.11 Å². The van der Waals surface area contributed by atoms with Crippen LogP contribution < -0.4 is 5.32 Å². The molecular weight excluding hydrogens is 288 g/mol. The van der Waals surface area contributed by atoms with Crippen molar-refractivity contribution >= 4 is 17.7 Å². The molecule has 0 unspecified atom stereocenters. The SMILES string of the molecule is COC1(CNC(=O)CCc2c(C)noc2C)CCSCC1. The summed E-state index contributed by atoms with van der Waals surface area (Å²) in [6, 6.07) is 0. The largest absolute Gasteiger partial charge is 0.376 e. The lowest BCUT2D eigenvalue weighted by molar-refractivity contribution is -0.122. The van der Waals surface area contributed by atoms with Crippen LogP contribution in [-0.2, 0) is 16.0 Å². The number of aryl methyl sites for hydroxylation is 2. The number of hydrogen-bond donors (Lipinski definition) is 1. The lowest BCUT2D eigenvalue weighted by Crippen LogP contribution is -2.46. The van der Waals surface area contributed by atoms with Crippen LogP contribution in [0.25, 0.3) is 0 Å². The van der Waals surface area contributed by atoms with E-state index in [0.717, 1.165) is 41.4 Å². The minimum atomic E-state index is -0.177. The van der Waals surface area contributed by atoms with Gasteiger partial charge in [0.2, 0.25) is 5.91 Å². The number of nitrogens with zero attached hydrogens (tertiary/aromatic N) is 1. The minimum Gasteiger partial charge on any atom is -0.376 e. The zero-order valence-electron chi connectivity index (χ0n) is 13.0. The summed E-state index contributed by atoms with van der Waals surface area (Å²) in [6.07, 6.45) is 3.12. The highest BCUT2D eigenvalue weighted by molar-refractivity contribution is 7.99. The van der Waals surface area contributed by atoms with Crippen molar-refractivity contribution in [2.24, 2.45) is 0 Å². The number of aromatic nitrogens is 1. The van der Waals surface area contributed by atoms with Crippen molar-refractivity contribution in [1.82, 2.24) is 10.5 Å². The molecule has 0 radical (unpaired) electrons. The van der Waals surface area contributed by atoms with Gasteiger partial charge in [0.05, 0.1) is 11.3 Å². The molecule has 1 aliphatic rings. The van der Waals surface area contributed by atoms with Gasteiger partial charge in [0.25, 0.3) is 0 Å². The number of carbonyl (C=O) groups excluding carboxylic acids is 1. The van der Waals surface area contributed by atoms with E-state index in [9.17, 15) is 4.79 Å². The number of rotatable bonds is 6. The van der Waals surface area contributed by atoms with Crippen molar-refractivity contribution in [1.29, 1.82) is 0 Å². The first-order chi connectivity index (χ1) is 10.1. The van der Waals surface area contributed by atoms with Gasteiger partial charge in [-0.15, -0.1) is 0 Å². The molecule has 2 heterocycles. The van der Waals surface area contributed by atoms with Gasteiger partial charge in [0.1, 0.15) is 5.76 Å². The monoisotopic (exact) mass is 312 g/mol. The van der Waals surface area contributed by atoms with Crippen molar-refractivity contribution in [3.63, 3.8) is 0 Å². The van der Waals surface area contributed by atoms with E-state index >= 15 is 0 Å². The second-order valence-corrected chi connectivity index (χ2v) is 6.80. The molecule has 0 atom stereocenters. The number of thioether (sulfide) groups is 1. The highest BCUT2D eigenvalue weighted by atomic mass is 32.2. The molecule has 0 aliphatic carbocycles. The Morgan fingerprint density at radius 1 is 1.43 bits per heavy atom. The quantitative estimate of drug-likeness (QED) is 0.873. The van der Waals surface area contributed by atoms with Crippen LogP contribution in [0.2, 0.25) is 0 Å². The van der Waals surface area contributed by atoms with Gasteiger partial charge in [-0.2, -0.15) is 11.8 Å². The number of ether oxygens (including phenoxy) is 1. The Morgan fingerprint density at radius 3 is 2.71 bits per heavy atom. The fourth-order valence-corrected chi connectivity index (χ4v) is 3.88. The smallest absolute Gasteiger partial charge is 0.220 e. The van der Waals surface area contributed by atoms with Crippen LogP contribution in [0, 0.1) is 13.8 Å². The molecule has 1 amide bonds. The van der Waals surface area contributed by atoms with Crippen LogP contribution in [0.4, 0.5) is 0 Å². The first-order valence-electron chi connectivity index (χ1n) is 7.38. The molecule has 2 rings (SSSR count). The number of nitrogens with one attached hydrogen (secondary N) is 1. The second-order valence-electron chi connectivity index (χ2n) is 5.58. The highest BCUT2D eigenvalue weighted by Gasteiger charge is 2.32. The van der Waals surface area contributed by atoms with Gasteiger partial charge in [0.15, 0.2) is 0 Å². The maximum Gasteiger partial charge on any atom is 0.220 e.